The Hall–Kier alpha value is -1.64. The fourth-order valence-corrected chi connectivity index (χ4v) is 6.31. The third-order valence-electron chi connectivity index (χ3n) is 8.55. The van der Waals surface area contributed by atoms with Crippen LogP contribution in [0.1, 0.15) is 86.5 Å². The predicted octanol–water partition coefficient (Wildman–Crippen LogP) is 6.50. The maximum Gasteiger partial charge on any atom is 0.309 e. The monoisotopic (exact) mass is 457 g/mol. The van der Waals surface area contributed by atoms with E-state index in [9.17, 15) is 9.90 Å². The molecule has 5 heteroatoms. The average Bonchev–Trinajstić information content (AvgIpc) is 2.73. The topological polar surface area (TPSA) is 79.5 Å². The molecule has 2 unspecified atom stereocenters. The molecule has 184 valence electrons. The highest BCUT2D eigenvalue weighted by Gasteiger charge is 2.42. The minimum absolute atomic E-state index is 0.0643. The number of nitrogens with zero attached hydrogens (tertiary/aromatic N) is 1. The van der Waals surface area contributed by atoms with E-state index in [1.54, 1.807) is 0 Å². The summed E-state index contributed by atoms with van der Waals surface area (Å²) in [5.41, 5.74) is 0.777. The van der Waals surface area contributed by atoms with Gasteiger partial charge < -0.3 is 14.6 Å². The molecule has 5 nitrogen and oxygen atoms in total. The Morgan fingerprint density at radius 3 is 2.55 bits per heavy atom. The van der Waals surface area contributed by atoms with E-state index in [4.69, 9.17) is 14.7 Å². The van der Waals surface area contributed by atoms with E-state index in [2.05, 4.69) is 38.1 Å². The SMILES string of the molecule is CCC(C)(CC1C[C@H]2C(=C[C@@H]1C)C=C[C@H](C)[C@@H]2CC[C@@H]1C[C@H](CC#N)OC(C)(C)O1)C(=O)O. The van der Waals surface area contributed by atoms with Crippen LogP contribution < -0.4 is 0 Å². The molecule has 0 spiro atoms. The molecule has 0 amide bonds. The zero-order valence-corrected chi connectivity index (χ0v) is 21.3. The maximum absolute atomic E-state index is 12.0. The van der Waals surface area contributed by atoms with E-state index >= 15 is 0 Å². The van der Waals surface area contributed by atoms with Gasteiger partial charge in [0.1, 0.15) is 0 Å². The number of rotatable bonds is 8. The molecule has 33 heavy (non-hydrogen) atoms. The molecule has 0 aromatic heterocycles. The number of carboxylic acid groups (broad SMARTS) is 1. The molecule has 1 fully saturated rings. The first-order valence-electron chi connectivity index (χ1n) is 12.8. The van der Waals surface area contributed by atoms with Crippen molar-refractivity contribution in [1.29, 1.82) is 5.26 Å². The number of fused-ring (bicyclic) bond motifs is 1. The largest absolute Gasteiger partial charge is 0.481 e. The Morgan fingerprint density at radius 1 is 1.21 bits per heavy atom. The van der Waals surface area contributed by atoms with E-state index in [0.29, 0.717) is 42.4 Å². The van der Waals surface area contributed by atoms with Gasteiger partial charge in [-0.25, -0.2) is 0 Å². The highest BCUT2D eigenvalue weighted by atomic mass is 16.7. The highest BCUT2D eigenvalue weighted by Crippen LogP contribution is 2.48. The molecule has 0 aromatic rings. The van der Waals surface area contributed by atoms with Crippen molar-refractivity contribution in [1.82, 2.24) is 0 Å². The quantitative estimate of drug-likeness (QED) is 0.450. The average molecular weight is 458 g/mol. The molecule has 1 saturated heterocycles. The summed E-state index contributed by atoms with van der Waals surface area (Å²) < 4.78 is 12.2. The van der Waals surface area contributed by atoms with Gasteiger partial charge in [-0.05, 0) is 88.0 Å². The van der Waals surface area contributed by atoms with Crippen LogP contribution in [0, 0.1) is 46.3 Å². The van der Waals surface area contributed by atoms with E-state index in [0.717, 1.165) is 32.1 Å². The summed E-state index contributed by atoms with van der Waals surface area (Å²) in [6.07, 6.45) is 12.8. The van der Waals surface area contributed by atoms with Gasteiger partial charge in [-0.1, -0.05) is 39.0 Å². The fraction of sp³-hybridized carbons (Fsp3) is 0.786. The van der Waals surface area contributed by atoms with Crippen LogP contribution in [0.5, 0.6) is 0 Å². The molecule has 0 saturated carbocycles. The van der Waals surface area contributed by atoms with Crippen molar-refractivity contribution in [2.75, 3.05) is 0 Å². The smallest absolute Gasteiger partial charge is 0.309 e. The zero-order valence-electron chi connectivity index (χ0n) is 21.3. The van der Waals surface area contributed by atoms with Crippen LogP contribution in [0.2, 0.25) is 0 Å². The van der Waals surface area contributed by atoms with Crippen molar-refractivity contribution in [2.45, 2.75) is 104 Å². The third kappa shape index (κ3) is 6.08. The van der Waals surface area contributed by atoms with Crippen LogP contribution in [0.3, 0.4) is 0 Å². The van der Waals surface area contributed by atoms with Crippen LogP contribution in [0.25, 0.3) is 0 Å². The Balaban J connectivity index is 1.71. The fourth-order valence-electron chi connectivity index (χ4n) is 6.31. The summed E-state index contributed by atoms with van der Waals surface area (Å²) >= 11 is 0. The lowest BCUT2D eigenvalue weighted by molar-refractivity contribution is -0.299. The summed E-state index contributed by atoms with van der Waals surface area (Å²) in [7, 11) is 0. The minimum atomic E-state index is -0.674. The highest BCUT2D eigenvalue weighted by molar-refractivity contribution is 5.74. The van der Waals surface area contributed by atoms with E-state index in [1.807, 2.05) is 27.7 Å². The third-order valence-corrected chi connectivity index (χ3v) is 8.55. The van der Waals surface area contributed by atoms with Gasteiger partial charge in [0.05, 0.1) is 30.1 Å². The van der Waals surface area contributed by atoms with E-state index < -0.39 is 17.2 Å². The standard InChI is InChI=1S/C28H43NO4/c1-7-28(6,26(30)31)17-21-15-25-20(14-19(21)3)9-8-18(2)24(25)11-10-22-16-23(12-13-29)33-27(4,5)32-22/h8-9,14,18-19,21-25H,7,10-12,15-17H2,1-6H3,(H,30,31)/t18-,19-,21?,22+,23-,24-,25-,28?/m0/s1. The Morgan fingerprint density at radius 2 is 1.91 bits per heavy atom. The first kappa shape index (κ1) is 26.0. The summed E-state index contributed by atoms with van der Waals surface area (Å²) in [4.78, 5) is 12.0. The molecule has 3 aliphatic rings. The van der Waals surface area contributed by atoms with Gasteiger partial charge in [0, 0.05) is 6.42 Å². The van der Waals surface area contributed by atoms with Gasteiger partial charge in [0.25, 0.3) is 0 Å². The molecule has 0 radical (unpaired) electrons. The van der Waals surface area contributed by atoms with Gasteiger partial charge in [-0.15, -0.1) is 0 Å². The van der Waals surface area contributed by atoms with Crippen molar-refractivity contribution in [3.63, 3.8) is 0 Å². The van der Waals surface area contributed by atoms with Crippen molar-refractivity contribution >= 4 is 5.97 Å². The Labute approximate surface area is 200 Å². The van der Waals surface area contributed by atoms with Crippen molar-refractivity contribution in [3.8, 4) is 6.07 Å². The van der Waals surface area contributed by atoms with Crippen LogP contribution in [-0.4, -0.2) is 29.1 Å². The van der Waals surface area contributed by atoms with E-state index in [-0.39, 0.29) is 12.2 Å². The van der Waals surface area contributed by atoms with Gasteiger partial charge >= 0.3 is 5.97 Å². The molecule has 1 N–H and O–H groups in total. The zero-order chi connectivity index (χ0) is 24.4. The molecule has 1 heterocycles. The van der Waals surface area contributed by atoms with Crippen LogP contribution in [-0.2, 0) is 14.3 Å². The van der Waals surface area contributed by atoms with Gasteiger partial charge in [-0.3, -0.25) is 4.79 Å². The summed E-state index contributed by atoms with van der Waals surface area (Å²) in [6.45, 7) is 12.3. The summed E-state index contributed by atoms with van der Waals surface area (Å²) in [5.74, 6) is 0.945. The van der Waals surface area contributed by atoms with Crippen molar-refractivity contribution < 1.29 is 19.4 Å². The van der Waals surface area contributed by atoms with Crippen molar-refractivity contribution in [3.05, 3.63) is 23.8 Å². The Bertz CT molecular complexity index is 809. The molecule has 0 aromatic carbocycles. The second-order valence-electron chi connectivity index (χ2n) is 11.5. The number of allylic oxidation sites excluding steroid dienone is 4. The number of ether oxygens (including phenoxy) is 2. The summed E-state index contributed by atoms with van der Waals surface area (Å²) in [6, 6.07) is 2.25. The van der Waals surface area contributed by atoms with Crippen LogP contribution in [0.4, 0.5) is 0 Å². The Kier molecular flexibility index (Phi) is 8.12. The van der Waals surface area contributed by atoms with E-state index in [1.165, 1.54) is 5.57 Å². The van der Waals surface area contributed by atoms with Gasteiger partial charge in [0.15, 0.2) is 5.79 Å². The van der Waals surface area contributed by atoms with Gasteiger partial charge in [-0.2, -0.15) is 5.26 Å². The number of carbonyl (C=O) groups is 1. The first-order valence-corrected chi connectivity index (χ1v) is 12.8. The lowest BCUT2D eigenvalue weighted by atomic mass is 9.61. The number of aliphatic carboxylic acids is 1. The lowest BCUT2D eigenvalue weighted by Gasteiger charge is -2.44. The molecular formula is C28H43NO4. The summed E-state index contributed by atoms with van der Waals surface area (Å²) in [5, 5.41) is 19.0. The first-order chi connectivity index (χ1) is 15.5. The lowest BCUT2D eigenvalue weighted by Crippen LogP contribution is -2.45. The number of carboxylic acids is 1. The molecular weight excluding hydrogens is 414 g/mol. The minimum Gasteiger partial charge on any atom is -0.481 e. The normalized spacial score (nSPS) is 37.4. The second kappa shape index (κ2) is 10.3. The number of nitriles is 1. The second-order valence-corrected chi connectivity index (χ2v) is 11.5. The van der Waals surface area contributed by atoms with Crippen LogP contribution in [0.15, 0.2) is 23.8 Å². The molecule has 2 aliphatic carbocycles. The predicted molar refractivity (Wildman–Crippen MR) is 129 cm³/mol. The molecule has 1 aliphatic heterocycles. The molecule has 3 rings (SSSR count). The van der Waals surface area contributed by atoms with Crippen molar-refractivity contribution in [2.24, 2.45) is 35.0 Å². The maximum atomic E-state index is 12.0. The van der Waals surface area contributed by atoms with Crippen LogP contribution >= 0.6 is 0 Å². The van der Waals surface area contributed by atoms with Gasteiger partial charge in [0.2, 0.25) is 0 Å². The molecule has 0 bridgehead atoms. The number of hydrogen-bond donors (Lipinski definition) is 1. The molecule has 8 atom stereocenters. The number of hydrogen-bond acceptors (Lipinski definition) is 4.